The second-order valence-electron chi connectivity index (χ2n) is 5.49. The molecule has 0 saturated carbocycles. The molecule has 25 heavy (non-hydrogen) atoms. The molecule has 0 aromatic heterocycles. The van der Waals surface area contributed by atoms with E-state index in [-0.39, 0.29) is 15.9 Å². The first-order valence-electron chi connectivity index (χ1n) is 7.66. The van der Waals surface area contributed by atoms with Crippen LogP contribution in [0, 0.1) is 0 Å². The van der Waals surface area contributed by atoms with Gasteiger partial charge in [0.15, 0.2) is 0 Å². The van der Waals surface area contributed by atoms with E-state index in [0.29, 0.717) is 6.42 Å². The Balaban J connectivity index is 1.95. The Kier molecular flexibility index (Phi) is 5.35. The number of ether oxygens (including phenoxy) is 2. The third-order valence-electron chi connectivity index (χ3n) is 3.78. The van der Waals surface area contributed by atoms with Crippen LogP contribution in [0.25, 0.3) is 0 Å². The molecule has 0 bridgehead atoms. The molecular weight excluding hydrogens is 400 g/mol. The number of carbonyl (C=O) groups is 1. The summed E-state index contributed by atoms with van der Waals surface area (Å²) < 4.78 is 50.2. The Morgan fingerprint density at radius 3 is 2.40 bits per heavy atom. The molecule has 3 nitrogen and oxygen atoms in total. The minimum absolute atomic E-state index is 0.212. The summed E-state index contributed by atoms with van der Waals surface area (Å²) in [5.74, 6) is 0. The molecular formula is C18H15F3O3Se. The van der Waals surface area contributed by atoms with Gasteiger partial charge >= 0.3 is 149 Å². The molecule has 1 aliphatic heterocycles. The molecule has 132 valence electrons. The van der Waals surface area contributed by atoms with Crippen molar-refractivity contribution >= 4 is 25.6 Å². The van der Waals surface area contributed by atoms with Gasteiger partial charge in [-0.25, -0.2) is 0 Å². The number of cyclic esters (lactones) is 2. The molecule has 1 saturated heterocycles. The Bertz CT molecular complexity index is 734. The fraction of sp³-hybridized carbons (Fsp3) is 0.278. The van der Waals surface area contributed by atoms with Crippen LogP contribution in [0.3, 0.4) is 0 Å². The van der Waals surface area contributed by atoms with Crippen LogP contribution in [-0.2, 0) is 15.7 Å². The Morgan fingerprint density at radius 2 is 1.72 bits per heavy atom. The molecule has 0 unspecified atom stereocenters. The van der Waals surface area contributed by atoms with Crippen LogP contribution in [0.1, 0.15) is 22.4 Å². The van der Waals surface area contributed by atoms with Crippen LogP contribution < -0.4 is 4.46 Å². The number of hydrogen-bond acceptors (Lipinski definition) is 3. The summed E-state index contributed by atoms with van der Waals surface area (Å²) in [4.78, 5) is 11.2. The summed E-state index contributed by atoms with van der Waals surface area (Å²) in [5, 5.41) is 0. The van der Waals surface area contributed by atoms with Crippen LogP contribution in [0.4, 0.5) is 18.0 Å². The fourth-order valence-corrected chi connectivity index (χ4v) is 5.52. The molecule has 0 amide bonds. The Labute approximate surface area is 149 Å². The molecule has 0 radical (unpaired) electrons. The third-order valence-corrected chi connectivity index (χ3v) is 6.80. The van der Waals surface area contributed by atoms with Crippen molar-refractivity contribution in [2.45, 2.75) is 23.5 Å². The summed E-state index contributed by atoms with van der Waals surface area (Å²) in [5.41, 5.74) is 0.230. The molecule has 0 N–H and O–H groups in total. The van der Waals surface area contributed by atoms with Crippen LogP contribution >= 0.6 is 0 Å². The molecule has 0 spiro atoms. The van der Waals surface area contributed by atoms with Crippen LogP contribution in [0.2, 0.25) is 0 Å². The first kappa shape index (κ1) is 17.8. The van der Waals surface area contributed by atoms with Gasteiger partial charge in [-0.3, -0.25) is 0 Å². The van der Waals surface area contributed by atoms with Crippen molar-refractivity contribution in [1.82, 2.24) is 0 Å². The van der Waals surface area contributed by atoms with Crippen LogP contribution in [0.5, 0.6) is 0 Å². The summed E-state index contributed by atoms with van der Waals surface area (Å²) in [6.07, 6.45) is -5.21. The molecule has 1 fully saturated rings. The first-order chi connectivity index (χ1) is 11.9. The number of carbonyl (C=O) groups excluding carboxylic acids is 1. The van der Waals surface area contributed by atoms with Gasteiger partial charge in [0.05, 0.1) is 0 Å². The second-order valence-corrected chi connectivity index (χ2v) is 7.97. The molecule has 2 aromatic carbocycles. The standard InChI is InChI=1S/C18H15F3O3Se/c19-18(20,21)13-8-4-5-9-15(13)25-16(12-6-2-1-3-7-12)14-10-11-23-17(22)24-14/h1-9,14,16H,10-11H2/t14-,16+/m1/s1. The van der Waals surface area contributed by atoms with Crippen molar-refractivity contribution in [2.75, 3.05) is 6.61 Å². The van der Waals surface area contributed by atoms with E-state index in [0.717, 1.165) is 11.6 Å². The van der Waals surface area contributed by atoms with E-state index in [1.165, 1.54) is 12.1 Å². The van der Waals surface area contributed by atoms with Crippen molar-refractivity contribution in [2.24, 2.45) is 0 Å². The van der Waals surface area contributed by atoms with Gasteiger partial charge in [0.2, 0.25) is 0 Å². The number of benzene rings is 2. The predicted molar refractivity (Wildman–Crippen MR) is 86.9 cm³/mol. The van der Waals surface area contributed by atoms with Crippen molar-refractivity contribution < 1.29 is 27.4 Å². The van der Waals surface area contributed by atoms with Gasteiger partial charge in [0, 0.05) is 0 Å². The number of halogens is 3. The van der Waals surface area contributed by atoms with E-state index in [1.54, 1.807) is 6.07 Å². The van der Waals surface area contributed by atoms with Gasteiger partial charge in [0.25, 0.3) is 0 Å². The van der Waals surface area contributed by atoms with E-state index in [2.05, 4.69) is 0 Å². The van der Waals surface area contributed by atoms with E-state index < -0.39 is 39.0 Å². The maximum absolute atomic E-state index is 13.3. The maximum atomic E-state index is 13.3. The van der Waals surface area contributed by atoms with E-state index in [9.17, 15) is 18.0 Å². The molecule has 3 rings (SSSR count). The molecule has 2 aromatic rings. The van der Waals surface area contributed by atoms with Crippen LogP contribution in [-0.4, -0.2) is 33.8 Å². The summed E-state index contributed by atoms with van der Waals surface area (Å²) >= 11 is -0.574. The Hall–Kier alpha value is -1.98. The quantitative estimate of drug-likeness (QED) is 0.565. The zero-order valence-electron chi connectivity index (χ0n) is 13.0. The minimum atomic E-state index is -4.41. The summed E-state index contributed by atoms with van der Waals surface area (Å²) in [6.45, 7) is 0.212. The van der Waals surface area contributed by atoms with Gasteiger partial charge in [-0.05, 0) is 0 Å². The average molecular weight is 415 g/mol. The van der Waals surface area contributed by atoms with Crippen molar-refractivity contribution in [3.8, 4) is 0 Å². The van der Waals surface area contributed by atoms with Gasteiger partial charge in [-0.15, -0.1) is 0 Å². The monoisotopic (exact) mass is 416 g/mol. The van der Waals surface area contributed by atoms with Crippen molar-refractivity contribution in [3.05, 3.63) is 65.7 Å². The van der Waals surface area contributed by atoms with Crippen molar-refractivity contribution in [3.63, 3.8) is 0 Å². The number of hydrogen-bond donors (Lipinski definition) is 0. The average Bonchev–Trinajstić information content (AvgIpc) is 2.60. The normalized spacial score (nSPS) is 19.0. The molecule has 1 heterocycles. The van der Waals surface area contributed by atoms with Gasteiger partial charge in [-0.2, -0.15) is 0 Å². The Morgan fingerprint density at radius 1 is 1.04 bits per heavy atom. The SMILES string of the molecule is O=C1OCC[C@H]([C@@H]([Se]c2ccccc2C(F)(F)F)c2ccccc2)O1. The molecule has 0 aliphatic carbocycles. The molecule has 2 atom stereocenters. The first-order valence-corrected chi connectivity index (χ1v) is 9.51. The summed E-state index contributed by atoms with van der Waals surface area (Å²) in [7, 11) is 0. The summed E-state index contributed by atoms with van der Waals surface area (Å²) in [6, 6.07) is 14.8. The number of alkyl halides is 3. The predicted octanol–water partition coefficient (Wildman–Crippen LogP) is 3.70. The number of rotatable bonds is 4. The van der Waals surface area contributed by atoms with Gasteiger partial charge in [-0.1, -0.05) is 0 Å². The van der Waals surface area contributed by atoms with E-state index in [1.807, 2.05) is 30.3 Å². The van der Waals surface area contributed by atoms with E-state index >= 15 is 0 Å². The van der Waals surface area contributed by atoms with E-state index in [4.69, 9.17) is 9.47 Å². The zero-order chi connectivity index (χ0) is 17.9. The topological polar surface area (TPSA) is 35.5 Å². The van der Waals surface area contributed by atoms with Gasteiger partial charge < -0.3 is 0 Å². The fourth-order valence-electron chi connectivity index (χ4n) is 2.63. The van der Waals surface area contributed by atoms with Crippen molar-refractivity contribution in [1.29, 1.82) is 0 Å². The zero-order valence-corrected chi connectivity index (χ0v) is 14.7. The molecule has 7 heteroatoms. The van der Waals surface area contributed by atoms with Crippen LogP contribution in [0.15, 0.2) is 54.6 Å². The van der Waals surface area contributed by atoms with Gasteiger partial charge in [0.1, 0.15) is 0 Å². The second kappa shape index (κ2) is 7.50. The molecule has 1 aliphatic rings. The third kappa shape index (κ3) is 4.35.